The van der Waals surface area contributed by atoms with Crippen molar-refractivity contribution in [2.45, 2.75) is 19.1 Å². The fourth-order valence-corrected chi connectivity index (χ4v) is 1.94. The molecule has 26 heavy (non-hydrogen) atoms. The summed E-state index contributed by atoms with van der Waals surface area (Å²) in [6.45, 7) is 0.173. The molecule has 2 aromatic heterocycles. The standard InChI is InChI=1S/C15H16F3N5O3/c1-8(22-12(24)10-3-4-20-14(19)23-10)9-5-11(25-2)13(21-6-9)26-7-15(16,17)18/h3-6,8H,7H2,1-2H3,(H,22,24)(H2,19,20,23). The van der Waals surface area contributed by atoms with Crippen LogP contribution in [-0.4, -0.2) is 40.8 Å². The lowest BCUT2D eigenvalue weighted by Crippen LogP contribution is -2.28. The fourth-order valence-electron chi connectivity index (χ4n) is 1.94. The highest BCUT2D eigenvalue weighted by Crippen LogP contribution is 2.29. The molecule has 0 saturated heterocycles. The van der Waals surface area contributed by atoms with E-state index in [1.54, 1.807) is 6.92 Å². The zero-order chi connectivity index (χ0) is 19.3. The summed E-state index contributed by atoms with van der Waals surface area (Å²) in [4.78, 5) is 23.5. The van der Waals surface area contributed by atoms with Gasteiger partial charge in [0, 0.05) is 12.4 Å². The largest absolute Gasteiger partial charge is 0.491 e. The number of nitrogens with zero attached hydrogens (tertiary/aromatic N) is 3. The van der Waals surface area contributed by atoms with Crippen LogP contribution < -0.4 is 20.5 Å². The number of amides is 1. The Balaban J connectivity index is 2.11. The number of ether oxygens (including phenoxy) is 2. The van der Waals surface area contributed by atoms with Crippen LogP contribution in [0.1, 0.15) is 29.0 Å². The summed E-state index contributed by atoms with van der Waals surface area (Å²) in [5.74, 6) is -0.822. The van der Waals surface area contributed by atoms with Crippen molar-refractivity contribution in [2.75, 3.05) is 19.5 Å². The lowest BCUT2D eigenvalue weighted by Gasteiger charge is -2.16. The number of hydrogen-bond acceptors (Lipinski definition) is 7. The van der Waals surface area contributed by atoms with Crippen LogP contribution in [0.4, 0.5) is 19.1 Å². The first-order valence-electron chi connectivity index (χ1n) is 7.32. The van der Waals surface area contributed by atoms with Gasteiger partial charge in [0.25, 0.3) is 11.8 Å². The maximum atomic E-state index is 12.3. The molecule has 2 aromatic rings. The number of anilines is 1. The van der Waals surface area contributed by atoms with E-state index in [1.165, 1.54) is 31.6 Å². The van der Waals surface area contributed by atoms with Gasteiger partial charge in [-0.1, -0.05) is 0 Å². The van der Waals surface area contributed by atoms with Crippen molar-refractivity contribution in [1.82, 2.24) is 20.3 Å². The molecular weight excluding hydrogens is 355 g/mol. The molecule has 0 fully saturated rings. The summed E-state index contributed by atoms with van der Waals surface area (Å²) in [6.07, 6.45) is -1.86. The summed E-state index contributed by atoms with van der Waals surface area (Å²) in [5.41, 5.74) is 6.00. The molecular formula is C15H16F3N5O3. The molecule has 2 rings (SSSR count). The number of carbonyl (C=O) groups excluding carboxylic acids is 1. The van der Waals surface area contributed by atoms with Crippen molar-refractivity contribution in [1.29, 1.82) is 0 Å². The molecule has 0 aromatic carbocycles. The maximum absolute atomic E-state index is 12.3. The number of alkyl halides is 3. The number of hydrogen-bond donors (Lipinski definition) is 2. The highest BCUT2D eigenvalue weighted by molar-refractivity contribution is 5.92. The number of aromatic nitrogens is 3. The van der Waals surface area contributed by atoms with Crippen LogP contribution >= 0.6 is 0 Å². The Morgan fingerprint density at radius 1 is 1.38 bits per heavy atom. The number of nitrogens with two attached hydrogens (primary N) is 1. The Hall–Kier alpha value is -3.11. The minimum absolute atomic E-state index is 0.0131. The summed E-state index contributed by atoms with van der Waals surface area (Å²) < 4.78 is 46.4. The van der Waals surface area contributed by atoms with Crippen molar-refractivity contribution in [3.63, 3.8) is 0 Å². The molecule has 1 unspecified atom stereocenters. The predicted octanol–water partition coefficient (Wildman–Crippen LogP) is 1.89. The van der Waals surface area contributed by atoms with Gasteiger partial charge < -0.3 is 20.5 Å². The Morgan fingerprint density at radius 3 is 2.73 bits per heavy atom. The monoisotopic (exact) mass is 371 g/mol. The number of halogens is 3. The summed E-state index contributed by atoms with van der Waals surface area (Å²) >= 11 is 0. The first kappa shape index (κ1) is 19.2. The zero-order valence-corrected chi connectivity index (χ0v) is 13.9. The van der Waals surface area contributed by atoms with Crippen molar-refractivity contribution in [3.05, 3.63) is 35.8 Å². The van der Waals surface area contributed by atoms with Crippen molar-refractivity contribution >= 4 is 11.9 Å². The highest BCUT2D eigenvalue weighted by atomic mass is 19.4. The van der Waals surface area contributed by atoms with E-state index in [9.17, 15) is 18.0 Å². The molecule has 0 aliphatic carbocycles. The van der Waals surface area contributed by atoms with Crippen LogP contribution in [0.2, 0.25) is 0 Å². The van der Waals surface area contributed by atoms with Gasteiger partial charge in [-0.15, -0.1) is 0 Å². The molecule has 0 saturated carbocycles. The van der Waals surface area contributed by atoms with Crippen molar-refractivity contribution in [3.8, 4) is 11.6 Å². The van der Waals surface area contributed by atoms with E-state index in [2.05, 4.69) is 25.0 Å². The van der Waals surface area contributed by atoms with Gasteiger partial charge in [0.15, 0.2) is 12.4 Å². The quantitative estimate of drug-likeness (QED) is 0.797. The SMILES string of the molecule is COc1cc(C(C)NC(=O)c2ccnc(N)n2)cnc1OCC(F)(F)F. The Morgan fingerprint density at radius 2 is 2.12 bits per heavy atom. The molecule has 0 radical (unpaired) electrons. The maximum Gasteiger partial charge on any atom is 0.422 e. The van der Waals surface area contributed by atoms with Crippen LogP contribution in [-0.2, 0) is 0 Å². The van der Waals surface area contributed by atoms with E-state index in [-0.39, 0.29) is 23.3 Å². The van der Waals surface area contributed by atoms with Gasteiger partial charge in [0.2, 0.25) is 5.95 Å². The Bertz CT molecular complexity index is 785. The third-order valence-electron chi connectivity index (χ3n) is 3.19. The second-order valence-electron chi connectivity index (χ2n) is 5.18. The first-order valence-corrected chi connectivity index (χ1v) is 7.32. The van der Waals surface area contributed by atoms with Crippen molar-refractivity contribution in [2.24, 2.45) is 0 Å². The molecule has 1 atom stereocenters. The molecule has 3 N–H and O–H groups in total. The number of carbonyl (C=O) groups is 1. The Labute approximate surface area is 146 Å². The van der Waals surface area contributed by atoms with E-state index in [1.807, 2.05) is 0 Å². The van der Waals surface area contributed by atoms with Crippen LogP contribution in [0.5, 0.6) is 11.6 Å². The third-order valence-corrected chi connectivity index (χ3v) is 3.19. The topological polar surface area (TPSA) is 112 Å². The second kappa shape index (κ2) is 7.85. The summed E-state index contributed by atoms with van der Waals surface area (Å²) in [6, 6.07) is 2.29. The molecule has 0 spiro atoms. The molecule has 2 heterocycles. The molecule has 0 bridgehead atoms. The van der Waals surface area contributed by atoms with Crippen LogP contribution in [0.3, 0.4) is 0 Å². The van der Waals surface area contributed by atoms with Crippen LogP contribution in [0.25, 0.3) is 0 Å². The number of nitrogens with one attached hydrogen (secondary N) is 1. The number of pyridine rings is 1. The molecule has 1 amide bonds. The van der Waals surface area contributed by atoms with Crippen molar-refractivity contribution < 1.29 is 27.4 Å². The van der Waals surface area contributed by atoms with E-state index in [0.717, 1.165) is 0 Å². The minimum atomic E-state index is -4.49. The highest BCUT2D eigenvalue weighted by Gasteiger charge is 2.29. The number of rotatable bonds is 6. The molecule has 140 valence electrons. The summed E-state index contributed by atoms with van der Waals surface area (Å²) in [5, 5.41) is 2.67. The molecule has 0 aliphatic rings. The van der Waals surface area contributed by atoms with Gasteiger partial charge in [-0.3, -0.25) is 4.79 Å². The normalized spacial score (nSPS) is 12.3. The molecule has 8 nitrogen and oxygen atoms in total. The third kappa shape index (κ3) is 5.19. The van der Waals surface area contributed by atoms with E-state index >= 15 is 0 Å². The van der Waals surface area contributed by atoms with E-state index < -0.39 is 24.7 Å². The van der Waals surface area contributed by atoms with Gasteiger partial charge in [-0.2, -0.15) is 13.2 Å². The summed E-state index contributed by atoms with van der Waals surface area (Å²) in [7, 11) is 1.27. The van der Waals surface area contributed by atoms with Crippen LogP contribution in [0.15, 0.2) is 24.5 Å². The number of nitrogen functional groups attached to an aromatic ring is 1. The molecule has 0 aliphatic heterocycles. The zero-order valence-electron chi connectivity index (χ0n) is 13.9. The van der Waals surface area contributed by atoms with E-state index in [4.69, 9.17) is 10.5 Å². The van der Waals surface area contributed by atoms with Gasteiger partial charge in [0.1, 0.15) is 5.69 Å². The minimum Gasteiger partial charge on any atom is -0.491 e. The number of methoxy groups -OCH3 is 1. The van der Waals surface area contributed by atoms with Gasteiger partial charge in [0.05, 0.1) is 13.2 Å². The van der Waals surface area contributed by atoms with Gasteiger partial charge in [-0.25, -0.2) is 15.0 Å². The predicted molar refractivity (Wildman–Crippen MR) is 84.7 cm³/mol. The van der Waals surface area contributed by atoms with Gasteiger partial charge >= 0.3 is 6.18 Å². The molecule has 11 heteroatoms. The van der Waals surface area contributed by atoms with Crippen LogP contribution in [0, 0.1) is 0 Å². The lowest BCUT2D eigenvalue weighted by molar-refractivity contribution is -0.154. The van der Waals surface area contributed by atoms with E-state index in [0.29, 0.717) is 5.56 Å². The smallest absolute Gasteiger partial charge is 0.422 e. The Kier molecular flexibility index (Phi) is 5.80. The fraction of sp³-hybridized carbons (Fsp3) is 0.333. The van der Waals surface area contributed by atoms with Gasteiger partial charge in [-0.05, 0) is 24.6 Å². The lowest BCUT2D eigenvalue weighted by atomic mass is 10.1. The average molecular weight is 371 g/mol. The average Bonchev–Trinajstić information content (AvgIpc) is 2.59. The second-order valence-corrected chi connectivity index (χ2v) is 5.18. The first-order chi connectivity index (χ1) is 12.2.